The fourth-order valence-corrected chi connectivity index (χ4v) is 6.42. The lowest BCUT2D eigenvalue weighted by Gasteiger charge is -2.51. The number of allylic oxidation sites excluding steroid dienone is 3. The summed E-state index contributed by atoms with van der Waals surface area (Å²) in [5, 5.41) is 20.9. The van der Waals surface area contributed by atoms with Crippen LogP contribution in [0.3, 0.4) is 0 Å². The van der Waals surface area contributed by atoms with E-state index >= 15 is 0 Å². The topological polar surface area (TPSA) is 134 Å². The maximum Gasteiger partial charge on any atom is 0.365 e. The van der Waals surface area contributed by atoms with Crippen LogP contribution >= 0.6 is 12.2 Å². The van der Waals surface area contributed by atoms with Crippen molar-refractivity contribution in [2.24, 2.45) is 11.3 Å². The summed E-state index contributed by atoms with van der Waals surface area (Å²) in [6.45, 7) is 12.9. The molecule has 1 amide bonds. The molecule has 1 heterocycles. The number of unbranched alkanes of at least 4 members (excludes halogenated alkanes) is 2. The molecule has 0 aromatic heterocycles. The summed E-state index contributed by atoms with van der Waals surface area (Å²) >= 11 is 5.32. The molecule has 1 saturated heterocycles. The Morgan fingerprint density at radius 1 is 1.33 bits per heavy atom. The van der Waals surface area contributed by atoms with Gasteiger partial charge in [-0.2, -0.15) is 12.7 Å². The van der Waals surface area contributed by atoms with Crippen LogP contribution in [0.1, 0.15) is 83.8 Å². The van der Waals surface area contributed by atoms with Gasteiger partial charge in [0.1, 0.15) is 16.9 Å². The fraction of sp³-hybridized carbons (Fsp3) is 0.571. The summed E-state index contributed by atoms with van der Waals surface area (Å²) in [7, 11) is -4.99. The molecule has 1 aliphatic heterocycles. The minimum absolute atomic E-state index is 0.0381. The van der Waals surface area contributed by atoms with Crippen molar-refractivity contribution >= 4 is 33.7 Å². The largest absolute Gasteiger partial charge is 0.507 e. The third-order valence-electron chi connectivity index (χ3n) is 7.87. The number of carbonyl (C=O) groups excluding carboxylic acids is 1. The molecular formula is C28H39NO8S2. The standard InChI is InChI=1S/C28H39NO8S2/c1-7-8-9-10-19-14-22(31)24(21-13-17(4)11-12-20(21)16(2)3)23(15-19)36-27(38)37-26-28(6,18(5)30)25(32)29(26)39(33,34)35/h13-15,18,20-21,26,30-31H,2,7-12H2,1,3-6H3,(H,33,34,35)/t18-,20+,21-,26?,28+/m1/s1. The quantitative estimate of drug-likeness (QED) is 0.112. The molecule has 0 spiro atoms. The number of aliphatic hydroxyl groups excluding tert-OH is 1. The van der Waals surface area contributed by atoms with Gasteiger partial charge in [0.15, 0.2) is 0 Å². The van der Waals surface area contributed by atoms with Crippen LogP contribution in [-0.4, -0.2) is 51.0 Å². The highest BCUT2D eigenvalue weighted by atomic mass is 32.2. The predicted octanol–water partition coefficient (Wildman–Crippen LogP) is 5.18. The second-order valence-corrected chi connectivity index (χ2v) is 12.5. The Morgan fingerprint density at radius 3 is 2.56 bits per heavy atom. The monoisotopic (exact) mass is 581 g/mol. The zero-order valence-corrected chi connectivity index (χ0v) is 24.8. The fourth-order valence-electron chi connectivity index (χ4n) is 5.33. The molecular weight excluding hydrogens is 542 g/mol. The second-order valence-electron chi connectivity index (χ2n) is 10.9. The number of aliphatic hydroxyl groups is 1. The summed E-state index contributed by atoms with van der Waals surface area (Å²) in [5.41, 5.74) is 1.77. The van der Waals surface area contributed by atoms with Crippen molar-refractivity contribution in [3.8, 4) is 11.5 Å². The van der Waals surface area contributed by atoms with E-state index in [9.17, 15) is 28.0 Å². The van der Waals surface area contributed by atoms with E-state index < -0.39 is 39.2 Å². The number of hydrogen-bond donors (Lipinski definition) is 3. The Balaban J connectivity index is 2.01. The molecule has 1 aromatic rings. The molecule has 1 unspecified atom stereocenters. The molecule has 9 nitrogen and oxygen atoms in total. The van der Waals surface area contributed by atoms with Gasteiger partial charge >= 0.3 is 15.5 Å². The number of phenols is 1. The Labute approximate surface area is 236 Å². The first-order valence-corrected chi connectivity index (χ1v) is 15.0. The number of rotatable bonds is 10. The van der Waals surface area contributed by atoms with E-state index in [1.807, 2.05) is 13.8 Å². The highest BCUT2D eigenvalue weighted by molar-refractivity contribution is 7.84. The van der Waals surface area contributed by atoms with Crippen LogP contribution in [0.5, 0.6) is 11.5 Å². The minimum atomic E-state index is -4.99. The molecule has 216 valence electrons. The number of aromatic hydroxyl groups is 1. The molecule has 0 radical (unpaired) electrons. The van der Waals surface area contributed by atoms with E-state index in [0.717, 1.165) is 48.8 Å². The molecule has 39 heavy (non-hydrogen) atoms. The zero-order valence-electron chi connectivity index (χ0n) is 23.1. The first kappa shape index (κ1) is 31.1. The third kappa shape index (κ3) is 6.32. The van der Waals surface area contributed by atoms with Gasteiger partial charge in [0.2, 0.25) is 6.23 Å². The molecule has 1 aromatic carbocycles. The van der Waals surface area contributed by atoms with Crippen LogP contribution in [0.4, 0.5) is 0 Å². The van der Waals surface area contributed by atoms with Gasteiger partial charge in [0.25, 0.3) is 5.91 Å². The summed E-state index contributed by atoms with van der Waals surface area (Å²) in [6, 6.07) is 3.51. The van der Waals surface area contributed by atoms with Crippen LogP contribution in [-0.2, 0) is 26.3 Å². The highest BCUT2D eigenvalue weighted by Crippen LogP contribution is 2.48. The number of aryl methyl sites for hydroxylation is 1. The number of carbonyl (C=O) groups is 1. The average Bonchev–Trinajstić information content (AvgIpc) is 2.82. The Morgan fingerprint density at radius 2 is 2.00 bits per heavy atom. The first-order valence-electron chi connectivity index (χ1n) is 13.2. The maximum absolute atomic E-state index is 12.5. The van der Waals surface area contributed by atoms with Crippen LogP contribution < -0.4 is 4.74 Å². The Kier molecular flexibility index (Phi) is 9.52. The van der Waals surface area contributed by atoms with Gasteiger partial charge in [-0.3, -0.25) is 9.35 Å². The Bertz CT molecular complexity index is 1270. The number of amides is 1. The van der Waals surface area contributed by atoms with E-state index in [1.165, 1.54) is 13.8 Å². The van der Waals surface area contributed by atoms with Gasteiger partial charge in [-0.05, 0) is 77.0 Å². The lowest BCUT2D eigenvalue weighted by atomic mass is 9.73. The number of benzene rings is 1. The van der Waals surface area contributed by atoms with Crippen molar-refractivity contribution < 1.29 is 37.5 Å². The van der Waals surface area contributed by atoms with Gasteiger partial charge in [-0.1, -0.05) is 43.6 Å². The number of hydrogen-bond acceptors (Lipinski definition) is 8. The number of β-lactam (4-membered cyclic amide) rings is 1. The smallest absolute Gasteiger partial charge is 0.365 e. The first-order chi connectivity index (χ1) is 18.1. The van der Waals surface area contributed by atoms with E-state index in [2.05, 4.69) is 19.6 Å². The predicted molar refractivity (Wildman–Crippen MR) is 152 cm³/mol. The average molecular weight is 582 g/mol. The molecule has 1 aliphatic carbocycles. The second kappa shape index (κ2) is 12.0. The van der Waals surface area contributed by atoms with E-state index in [4.69, 9.17) is 21.7 Å². The maximum atomic E-state index is 12.5. The summed E-state index contributed by atoms with van der Waals surface area (Å²) in [4.78, 5) is 12.5. The molecule has 3 N–H and O–H groups in total. The summed E-state index contributed by atoms with van der Waals surface area (Å²) in [6.07, 6.45) is 4.55. The number of phenolic OH excluding ortho intramolecular Hbond substituents is 1. The number of thiocarbonyl (C=S) groups is 1. The van der Waals surface area contributed by atoms with Gasteiger partial charge in [-0.25, -0.2) is 0 Å². The lowest BCUT2D eigenvalue weighted by Crippen LogP contribution is -2.73. The van der Waals surface area contributed by atoms with Crippen molar-refractivity contribution in [3.63, 3.8) is 0 Å². The SMILES string of the molecule is C=C(C)[C@@H]1CCC(C)=C[C@H]1c1c(O)cc(CCCCC)cc1OC(=S)OC1N(S(=O)(=O)O)C(=O)[C@]1(C)[C@@H](C)O. The number of ether oxygens (including phenoxy) is 2. The van der Waals surface area contributed by atoms with Gasteiger partial charge in [0.05, 0.1) is 6.10 Å². The van der Waals surface area contributed by atoms with Crippen LogP contribution in [0.2, 0.25) is 0 Å². The van der Waals surface area contributed by atoms with E-state index in [-0.39, 0.29) is 27.6 Å². The summed E-state index contributed by atoms with van der Waals surface area (Å²) < 4.78 is 45.0. The van der Waals surface area contributed by atoms with Crippen LogP contribution in [0, 0.1) is 11.3 Å². The lowest BCUT2D eigenvalue weighted by molar-refractivity contribution is -0.200. The van der Waals surface area contributed by atoms with Crippen molar-refractivity contribution in [1.82, 2.24) is 4.31 Å². The molecule has 1 fully saturated rings. The molecule has 0 saturated carbocycles. The number of nitrogens with zero attached hydrogens (tertiary/aromatic N) is 1. The minimum Gasteiger partial charge on any atom is -0.507 e. The van der Waals surface area contributed by atoms with Crippen LogP contribution in [0.15, 0.2) is 35.9 Å². The normalized spacial score (nSPS) is 25.9. The van der Waals surface area contributed by atoms with Crippen molar-refractivity contribution in [2.75, 3.05) is 0 Å². The van der Waals surface area contributed by atoms with Gasteiger partial charge < -0.3 is 19.7 Å². The summed E-state index contributed by atoms with van der Waals surface area (Å²) in [5.74, 6) is -0.954. The van der Waals surface area contributed by atoms with Crippen molar-refractivity contribution in [3.05, 3.63) is 47.1 Å². The molecule has 3 rings (SSSR count). The van der Waals surface area contributed by atoms with E-state index in [0.29, 0.717) is 12.0 Å². The molecule has 2 aliphatic rings. The molecule has 0 bridgehead atoms. The highest BCUT2D eigenvalue weighted by Gasteiger charge is 2.67. The van der Waals surface area contributed by atoms with Crippen molar-refractivity contribution in [1.29, 1.82) is 0 Å². The van der Waals surface area contributed by atoms with Gasteiger partial charge in [0, 0.05) is 23.7 Å². The van der Waals surface area contributed by atoms with E-state index in [1.54, 1.807) is 12.1 Å². The van der Waals surface area contributed by atoms with Crippen molar-refractivity contribution in [2.45, 2.75) is 91.4 Å². The van der Waals surface area contributed by atoms with Crippen LogP contribution in [0.25, 0.3) is 0 Å². The van der Waals surface area contributed by atoms with Gasteiger partial charge in [-0.15, -0.1) is 0 Å². The Hall–Kier alpha value is -2.47. The molecule has 5 atom stereocenters. The molecule has 11 heteroatoms. The third-order valence-corrected chi connectivity index (χ3v) is 8.90. The zero-order chi connectivity index (χ0) is 29.3.